The van der Waals surface area contributed by atoms with Crippen molar-refractivity contribution in [1.29, 1.82) is 0 Å². The highest BCUT2D eigenvalue weighted by atomic mass is 32.2. The van der Waals surface area contributed by atoms with Crippen LogP contribution in [0.3, 0.4) is 0 Å². The Labute approximate surface area is 136 Å². The quantitative estimate of drug-likeness (QED) is 0.839. The van der Waals surface area contributed by atoms with Crippen LogP contribution in [0.25, 0.3) is 0 Å². The summed E-state index contributed by atoms with van der Waals surface area (Å²) in [6, 6.07) is 8.66. The summed E-state index contributed by atoms with van der Waals surface area (Å²) in [5.74, 6) is 0.0998. The van der Waals surface area contributed by atoms with Gasteiger partial charge < -0.3 is 14.6 Å². The normalized spacial score (nSPS) is 12.3. The fraction of sp³-hybridized carbons (Fsp3) is 0.312. The lowest BCUT2D eigenvalue weighted by Gasteiger charge is -2.09. The van der Waals surface area contributed by atoms with Crippen molar-refractivity contribution in [3.63, 3.8) is 0 Å². The van der Waals surface area contributed by atoms with E-state index in [0.29, 0.717) is 17.2 Å². The van der Waals surface area contributed by atoms with E-state index >= 15 is 0 Å². The molecule has 0 bridgehead atoms. The van der Waals surface area contributed by atoms with Crippen molar-refractivity contribution in [2.45, 2.75) is 10.6 Å². The molecule has 0 radical (unpaired) electrons. The second-order valence-electron chi connectivity index (χ2n) is 5.27. The molecule has 0 spiro atoms. The maximum absolute atomic E-state index is 12.9. The molecule has 124 valence electrons. The van der Waals surface area contributed by atoms with Crippen LogP contribution < -0.4 is 5.32 Å². The van der Waals surface area contributed by atoms with Gasteiger partial charge in [-0.2, -0.15) is 0 Å². The molecule has 1 aromatic carbocycles. The smallest absolute Gasteiger partial charge is 0.287 e. The molecule has 23 heavy (non-hydrogen) atoms. The second kappa shape index (κ2) is 8.03. The molecule has 2 aromatic rings. The van der Waals surface area contributed by atoms with Gasteiger partial charge in [-0.25, -0.2) is 4.39 Å². The lowest BCUT2D eigenvalue weighted by atomic mass is 10.4. The number of likely N-dealkylation sites (N-methyl/N-ethyl adjacent to an activating group) is 1. The van der Waals surface area contributed by atoms with Gasteiger partial charge in [0.15, 0.2) is 5.76 Å². The van der Waals surface area contributed by atoms with Crippen LogP contribution in [0.1, 0.15) is 16.3 Å². The van der Waals surface area contributed by atoms with Crippen LogP contribution in [-0.4, -0.2) is 42.2 Å². The molecule has 2 rings (SSSR count). The molecule has 5 nitrogen and oxygen atoms in total. The summed E-state index contributed by atoms with van der Waals surface area (Å²) in [6.45, 7) is 1.25. The zero-order chi connectivity index (χ0) is 16.8. The van der Waals surface area contributed by atoms with Crippen LogP contribution >= 0.6 is 0 Å². The number of nitrogens with one attached hydrogen (secondary N) is 1. The van der Waals surface area contributed by atoms with E-state index < -0.39 is 10.8 Å². The Kier molecular flexibility index (Phi) is 6.06. The van der Waals surface area contributed by atoms with Crippen molar-refractivity contribution in [2.24, 2.45) is 0 Å². The maximum atomic E-state index is 12.9. The summed E-state index contributed by atoms with van der Waals surface area (Å²) >= 11 is 0. The Morgan fingerprint density at radius 2 is 1.91 bits per heavy atom. The average molecular weight is 338 g/mol. The fourth-order valence-electron chi connectivity index (χ4n) is 1.86. The van der Waals surface area contributed by atoms with Gasteiger partial charge in [0.1, 0.15) is 11.6 Å². The Morgan fingerprint density at radius 3 is 2.57 bits per heavy atom. The first kappa shape index (κ1) is 17.4. The maximum Gasteiger partial charge on any atom is 0.287 e. The monoisotopic (exact) mass is 338 g/mol. The predicted octanol–water partition coefficient (Wildman–Crippen LogP) is 2.02. The summed E-state index contributed by atoms with van der Waals surface area (Å²) in [5, 5.41) is 2.74. The summed E-state index contributed by atoms with van der Waals surface area (Å²) in [5.41, 5.74) is 0. The molecule has 1 N–H and O–H groups in total. The highest BCUT2D eigenvalue weighted by Gasteiger charge is 2.13. The van der Waals surface area contributed by atoms with Gasteiger partial charge in [-0.1, -0.05) is 0 Å². The van der Waals surface area contributed by atoms with Crippen LogP contribution in [0.15, 0.2) is 45.7 Å². The second-order valence-corrected chi connectivity index (χ2v) is 6.72. The highest BCUT2D eigenvalue weighted by Crippen LogP contribution is 2.15. The molecule has 0 fully saturated rings. The predicted molar refractivity (Wildman–Crippen MR) is 86.1 cm³/mol. The van der Waals surface area contributed by atoms with E-state index in [1.54, 1.807) is 12.1 Å². The van der Waals surface area contributed by atoms with Crippen molar-refractivity contribution < 1.29 is 17.8 Å². The molecule has 1 atom stereocenters. The SMILES string of the molecule is CN(C)CCNC(=O)c1ccc(C[S@](=O)c2ccc(F)cc2)o1. The van der Waals surface area contributed by atoms with Crippen LogP contribution in [-0.2, 0) is 16.6 Å². The number of halogens is 1. The molecule has 0 unspecified atom stereocenters. The number of hydrogen-bond donors (Lipinski definition) is 1. The Bertz CT molecular complexity index is 683. The molecule has 7 heteroatoms. The van der Waals surface area contributed by atoms with Gasteiger partial charge in [0, 0.05) is 18.0 Å². The lowest BCUT2D eigenvalue weighted by molar-refractivity contribution is 0.0922. The first-order valence-corrected chi connectivity index (χ1v) is 8.43. The summed E-state index contributed by atoms with van der Waals surface area (Å²) in [7, 11) is 2.48. The zero-order valence-electron chi connectivity index (χ0n) is 13.0. The minimum atomic E-state index is -1.35. The van der Waals surface area contributed by atoms with Crippen molar-refractivity contribution in [1.82, 2.24) is 10.2 Å². The number of amides is 1. The lowest BCUT2D eigenvalue weighted by Crippen LogP contribution is -2.31. The van der Waals surface area contributed by atoms with Gasteiger partial charge >= 0.3 is 0 Å². The number of benzene rings is 1. The van der Waals surface area contributed by atoms with Crippen LogP contribution in [0.5, 0.6) is 0 Å². The van der Waals surface area contributed by atoms with Gasteiger partial charge in [0.25, 0.3) is 5.91 Å². The third-order valence-corrected chi connectivity index (χ3v) is 4.42. The first-order chi connectivity index (χ1) is 11.0. The largest absolute Gasteiger partial charge is 0.455 e. The van der Waals surface area contributed by atoms with Crippen molar-refractivity contribution >= 4 is 16.7 Å². The topological polar surface area (TPSA) is 62.6 Å². The van der Waals surface area contributed by atoms with Gasteiger partial charge in [-0.15, -0.1) is 0 Å². The summed E-state index contributed by atoms with van der Waals surface area (Å²) in [4.78, 5) is 14.4. The molecular weight excluding hydrogens is 319 g/mol. The van der Waals surface area contributed by atoms with E-state index in [0.717, 1.165) is 6.54 Å². The molecule has 0 aliphatic carbocycles. The zero-order valence-corrected chi connectivity index (χ0v) is 13.9. The van der Waals surface area contributed by atoms with Crippen LogP contribution in [0, 0.1) is 5.82 Å². The first-order valence-electron chi connectivity index (χ1n) is 7.11. The molecule has 1 amide bonds. The van der Waals surface area contributed by atoms with E-state index in [4.69, 9.17) is 4.42 Å². The molecule has 0 saturated heterocycles. The molecular formula is C16H19FN2O3S. The molecule has 1 aromatic heterocycles. The third kappa shape index (κ3) is 5.30. The van der Waals surface area contributed by atoms with Gasteiger partial charge in [0.2, 0.25) is 0 Å². The van der Waals surface area contributed by atoms with E-state index in [9.17, 15) is 13.4 Å². The Morgan fingerprint density at radius 1 is 1.22 bits per heavy atom. The molecule has 0 saturated carbocycles. The van der Waals surface area contributed by atoms with Gasteiger partial charge in [-0.05, 0) is 50.5 Å². The number of furan rings is 1. The van der Waals surface area contributed by atoms with Crippen LogP contribution in [0.2, 0.25) is 0 Å². The van der Waals surface area contributed by atoms with E-state index in [2.05, 4.69) is 5.32 Å². The summed E-state index contributed by atoms with van der Waals surface area (Å²) < 4.78 is 30.5. The van der Waals surface area contributed by atoms with Crippen molar-refractivity contribution in [3.05, 3.63) is 53.7 Å². The van der Waals surface area contributed by atoms with Gasteiger partial charge in [0.05, 0.1) is 16.6 Å². The standard InChI is InChI=1S/C16H19FN2O3S/c1-19(2)10-9-18-16(20)15-8-5-13(22-15)11-23(21)14-6-3-12(17)4-7-14/h3-8H,9-11H2,1-2H3,(H,18,20)/t23-/m0/s1. The van der Waals surface area contributed by atoms with Crippen molar-refractivity contribution in [3.8, 4) is 0 Å². The van der Waals surface area contributed by atoms with E-state index in [-0.39, 0.29) is 23.2 Å². The Balaban J connectivity index is 1.92. The number of nitrogens with zero attached hydrogens (tertiary/aromatic N) is 1. The Hall–Kier alpha value is -1.99. The molecule has 1 heterocycles. The summed E-state index contributed by atoms with van der Waals surface area (Å²) in [6.07, 6.45) is 0. The number of carbonyl (C=O) groups is 1. The molecule has 0 aliphatic heterocycles. The number of rotatable bonds is 7. The van der Waals surface area contributed by atoms with Crippen LogP contribution in [0.4, 0.5) is 4.39 Å². The van der Waals surface area contributed by atoms with E-state index in [1.807, 2.05) is 19.0 Å². The van der Waals surface area contributed by atoms with Crippen molar-refractivity contribution in [2.75, 3.05) is 27.2 Å². The van der Waals surface area contributed by atoms with Gasteiger partial charge in [-0.3, -0.25) is 9.00 Å². The average Bonchev–Trinajstić information content (AvgIpc) is 2.96. The minimum Gasteiger partial charge on any atom is -0.455 e. The van der Waals surface area contributed by atoms with E-state index in [1.165, 1.54) is 24.3 Å². The molecule has 0 aliphatic rings. The minimum absolute atomic E-state index is 0.136. The number of hydrogen-bond acceptors (Lipinski definition) is 4. The third-order valence-electron chi connectivity index (χ3n) is 3.08. The fourth-order valence-corrected chi connectivity index (χ4v) is 2.88. The number of carbonyl (C=O) groups excluding carboxylic acids is 1. The highest BCUT2D eigenvalue weighted by molar-refractivity contribution is 7.84.